The molecule has 5 aromatic carbocycles. The van der Waals surface area contributed by atoms with E-state index in [1.807, 2.05) is 36.4 Å². The molecule has 32 heavy (non-hydrogen) atoms. The van der Waals surface area contributed by atoms with Crippen LogP contribution in [0.2, 0.25) is 0 Å². The molecule has 6 aromatic rings. The molecule has 0 fully saturated rings. The van der Waals surface area contributed by atoms with E-state index in [9.17, 15) is 9.59 Å². The fourth-order valence-corrected chi connectivity index (χ4v) is 4.71. The van der Waals surface area contributed by atoms with Crippen molar-refractivity contribution in [1.29, 1.82) is 0 Å². The predicted octanol–water partition coefficient (Wildman–Crippen LogP) is 6.02. The molecule has 0 saturated heterocycles. The van der Waals surface area contributed by atoms with Crippen molar-refractivity contribution in [3.8, 4) is 0 Å². The second-order valence-corrected chi connectivity index (χ2v) is 8.20. The van der Waals surface area contributed by atoms with Crippen LogP contribution in [0.3, 0.4) is 0 Å². The number of nitrogens with zero attached hydrogens (tertiary/aromatic N) is 2. The number of carbonyl (C=O) groups excluding carboxylic acids is 2. The maximum absolute atomic E-state index is 12.3. The number of hydrogen-bond donors (Lipinski definition) is 0. The summed E-state index contributed by atoms with van der Waals surface area (Å²) in [5, 5.41) is 6.37. The number of allylic oxidation sites excluding steroid dienone is 1. The molecule has 7 rings (SSSR count). The Morgan fingerprint density at radius 3 is 1.91 bits per heavy atom. The van der Waals surface area contributed by atoms with Crippen LogP contribution in [-0.4, -0.2) is 21.5 Å². The van der Waals surface area contributed by atoms with Gasteiger partial charge in [0.2, 0.25) is 11.6 Å². The lowest BCUT2D eigenvalue weighted by Gasteiger charge is -2.12. The van der Waals surface area contributed by atoms with Crippen LogP contribution in [0.4, 0.5) is 0 Å². The van der Waals surface area contributed by atoms with Crippen LogP contribution in [0, 0.1) is 0 Å². The lowest BCUT2D eigenvalue weighted by Crippen LogP contribution is -2.16. The van der Waals surface area contributed by atoms with E-state index in [1.54, 1.807) is 12.1 Å². The maximum atomic E-state index is 12.3. The monoisotopic (exact) mass is 410 g/mol. The summed E-state index contributed by atoms with van der Waals surface area (Å²) in [7, 11) is 0. The lowest BCUT2D eigenvalue weighted by molar-refractivity contribution is -0.110. The van der Waals surface area contributed by atoms with E-state index in [1.165, 1.54) is 16.8 Å². The van der Waals surface area contributed by atoms with Gasteiger partial charge in [0.15, 0.2) is 0 Å². The van der Waals surface area contributed by atoms with Gasteiger partial charge >= 0.3 is 0 Å². The van der Waals surface area contributed by atoms with Gasteiger partial charge in [-0.1, -0.05) is 42.5 Å². The molecule has 0 radical (unpaired) electrons. The summed E-state index contributed by atoms with van der Waals surface area (Å²) in [6, 6.07) is 24.4. The first kappa shape index (κ1) is 17.3. The van der Waals surface area contributed by atoms with Crippen molar-refractivity contribution in [2.45, 2.75) is 0 Å². The Kier molecular flexibility index (Phi) is 3.26. The Hall–Kier alpha value is -4.44. The number of aromatic nitrogens is 2. The van der Waals surface area contributed by atoms with Gasteiger partial charge in [0, 0.05) is 16.3 Å². The zero-order valence-corrected chi connectivity index (χ0v) is 16.8. The molecule has 4 nitrogen and oxygen atoms in total. The number of carbonyl (C=O) groups is 2. The molecule has 1 heterocycles. The molecule has 0 saturated carbocycles. The van der Waals surface area contributed by atoms with Crippen LogP contribution in [0.15, 0.2) is 78.9 Å². The Bertz CT molecular complexity index is 1870. The zero-order chi connectivity index (χ0) is 21.4. The number of Topliss-reactive ketones (excluding diaryl/α,β-unsaturated/α-hetero) is 1. The number of fused-ring (bicyclic) bond motifs is 8. The fourth-order valence-electron chi connectivity index (χ4n) is 4.71. The van der Waals surface area contributed by atoms with Crippen LogP contribution in [-0.2, 0) is 4.79 Å². The Morgan fingerprint density at radius 1 is 0.562 bits per heavy atom. The van der Waals surface area contributed by atoms with E-state index in [2.05, 4.69) is 30.3 Å². The summed E-state index contributed by atoms with van der Waals surface area (Å²) in [6.45, 7) is 0. The average molecular weight is 410 g/mol. The molecular formula is C28H14N2O2. The second kappa shape index (κ2) is 6.05. The minimum absolute atomic E-state index is 0.441. The first-order valence-corrected chi connectivity index (χ1v) is 10.4. The van der Waals surface area contributed by atoms with Crippen LogP contribution >= 0.6 is 0 Å². The molecule has 0 spiro atoms. The van der Waals surface area contributed by atoms with E-state index in [0.29, 0.717) is 5.56 Å². The molecule has 0 atom stereocenters. The molecule has 1 aliphatic rings. The zero-order valence-electron chi connectivity index (χ0n) is 16.8. The smallest absolute Gasteiger partial charge is 0.233 e. The average Bonchev–Trinajstić information content (AvgIpc) is 2.83. The normalized spacial score (nSPS) is 13.6. The summed E-state index contributed by atoms with van der Waals surface area (Å²) in [4.78, 5) is 34.1. The van der Waals surface area contributed by atoms with Crippen molar-refractivity contribution in [1.82, 2.24) is 9.97 Å². The quantitative estimate of drug-likeness (QED) is 0.174. The molecule has 0 bridgehead atoms. The van der Waals surface area contributed by atoms with E-state index < -0.39 is 11.6 Å². The highest BCUT2D eigenvalue weighted by atomic mass is 16.2. The number of rotatable bonds is 0. The number of hydrogen-bond acceptors (Lipinski definition) is 4. The van der Waals surface area contributed by atoms with Gasteiger partial charge in [0.1, 0.15) is 0 Å². The third kappa shape index (κ3) is 2.32. The van der Waals surface area contributed by atoms with Crippen molar-refractivity contribution in [3.63, 3.8) is 0 Å². The molecular weight excluding hydrogens is 396 g/mol. The largest absolute Gasteiger partial charge is 0.286 e. The number of ketones is 2. The molecule has 4 heteroatoms. The van der Waals surface area contributed by atoms with E-state index in [4.69, 9.17) is 9.97 Å². The van der Waals surface area contributed by atoms with Gasteiger partial charge in [0.25, 0.3) is 0 Å². The van der Waals surface area contributed by atoms with Gasteiger partial charge in [-0.2, -0.15) is 0 Å². The van der Waals surface area contributed by atoms with Crippen LogP contribution in [0.5, 0.6) is 0 Å². The highest BCUT2D eigenvalue weighted by Crippen LogP contribution is 2.33. The van der Waals surface area contributed by atoms with Crippen LogP contribution < -0.4 is 0 Å². The molecule has 1 aromatic heterocycles. The minimum atomic E-state index is -0.483. The molecule has 0 N–H and O–H groups in total. The van der Waals surface area contributed by atoms with Gasteiger partial charge in [-0.3, -0.25) is 9.59 Å². The topological polar surface area (TPSA) is 59.9 Å². The molecule has 0 amide bonds. The van der Waals surface area contributed by atoms with Crippen LogP contribution in [0.1, 0.15) is 15.9 Å². The first-order chi connectivity index (χ1) is 15.7. The summed E-state index contributed by atoms with van der Waals surface area (Å²) in [6.07, 6.45) is 3.03. The first-order valence-electron chi connectivity index (χ1n) is 10.4. The fraction of sp³-hybridized carbons (Fsp3) is 0. The summed E-state index contributed by atoms with van der Waals surface area (Å²) in [5.74, 6) is -0.949. The summed E-state index contributed by atoms with van der Waals surface area (Å²) in [5.41, 5.74) is 4.46. The van der Waals surface area contributed by atoms with Gasteiger partial charge in [-0.25, -0.2) is 9.97 Å². The second-order valence-electron chi connectivity index (χ2n) is 8.20. The van der Waals surface area contributed by atoms with Crippen molar-refractivity contribution in [3.05, 3.63) is 90.0 Å². The third-order valence-corrected chi connectivity index (χ3v) is 6.32. The SMILES string of the molecule is O=C1C=Cc2cc3c(ccc4nc5c(ccc6cc7ccccc7cc65)nc43)cc2C1=O. The Balaban J connectivity index is 1.56. The molecule has 0 aliphatic heterocycles. The molecule has 148 valence electrons. The third-order valence-electron chi connectivity index (χ3n) is 6.32. The predicted molar refractivity (Wildman–Crippen MR) is 128 cm³/mol. The van der Waals surface area contributed by atoms with Crippen molar-refractivity contribution in [2.24, 2.45) is 0 Å². The van der Waals surface area contributed by atoms with Gasteiger partial charge in [-0.15, -0.1) is 0 Å². The van der Waals surface area contributed by atoms with Gasteiger partial charge in [-0.05, 0) is 69.6 Å². The molecule has 0 unspecified atom stereocenters. The minimum Gasteiger partial charge on any atom is -0.286 e. The summed E-state index contributed by atoms with van der Waals surface area (Å²) >= 11 is 0. The van der Waals surface area contributed by atoms with Gasteiger partial charge in [0.05, 0.1) is 22.1 Å². The Labute approximate surface area is 181 Å². The highest BCUT2D eigenvalue weighted by molar-refractivity contribution is 6.50. The van der Waals surface area contributed by atoms with E-state index >= 15 is 0 Å². The van der Waals surface area contributed by atoms with Crippen molar-refractivity contribution >= 4 is 72.0 Å². The van der Waals surface area contributed by atoms with Crippen molar-refractivity contribution < 1.29 is 9.59 Å². The summed E-state index contributed by atoms with van der Waals surface area (Å²) < 4.78 is 0. The lowest BCUT2D eigenvalue weighted by atomic mass is 9.92. The van der Waals surface area contributed by atoms with Crippen molar-refractivity contribution in [2.75, 3.05) is 0 Å². The maximum Gasteiger partial charge on any atom is 0.233 e. The number of benzene rings is 5. The van der Waals surface area contributed by atoms with Gasteiger partial charge < -0.3 is 0 Å². The Morgan fingerprint density at radius 2 is 1.19 bits per heavy atom. The van der Waals surface area contributed by atoms with E-state index in [-0.39, 0.29) is 0 Å². The highest BCUT2D eigenvalue weighted by Gasteiger charge is 2.22. The van der Waals surface area contributed by atoms with E-state index in [0.717, 1.165) is 49.2 Å². The molecule has 1 aliphatic carbocycles. The van der Waals surface area contributed by atoms with Crippen LogP contribution in [0.25, 0.3) is 60.5 Å². The standard InChI is InChI=1S/C28H14N2O2/c31-25-10-7-19-13-21-18(14-22(19)28(25)32)6-9-24-27(21)30-23-8-5-17-11-15-3-1-2-4-16(15)12-20(17)26(23)29-24/h1-14H.